The van der Waals surface area contributed by atoms with Crippen LogP contribution < -0.4 is 10.6 Å². The Morgan fingerprint density at radius 2 is 2.24 bits per heavy atom. The van der Waals surface area contributed by atoms with Crippen LogP contribution in [0.15, 0.2) is 0 Å². The van der Waals surface area contributed by atoms with Crippen LogP contribution in [0.4, 0.5) is 0 Å². The van der Waals surface area contributed by atoms with Crippen LogP contribution in [0, 0.1) is 5.92 Å². The number of carbonyl (C=O) groups is 1. The Morgan fingerprint density at radius 3 is 2.94 bits per heavy atom. The third-order valence-electron chi connectivity index (χ3n) is 3.97. The molecule has 1 aliphatic carbocycles. The first-order valence-electron chi connectivity index (χ1n) is 6.82. The summed E-state index contributed by atoms with van der Waals surface area (Å²) >= 11 is 1.90. The van der Waals surface area contributed by atoms with E-state index in [2.05, 4.69) is 16.9 Å². The summed E-state index contributed by atoms with van der Waals surface area (Å²) in [7, 11) is 0. The molecule has 0 radical (unpaired) electrons. The van der Waals surface area contributed by atoms with Crippen molar-refractivity contribution in [3.8, 4) is 0 Å². The van der Waals surface area contributed by atoms with E-state index in [1.807, 2.05) is 11.8 Å². The predicted molar refractivity (Wildman–Crippen MR) is 73.3 cm³/mol. The number of hydrogen-bond donors (Lipinski definition) is 2. The van der Waals surface area contributed by atoms with E-state index in [4.69, 9.17) is 0 Å². The van der Waals surface area contributed by atoms with Crippen LogP contribution in [-0.4, -0.2) is 36.5 Å². The standard InChI is InChI=1S/C13H24N2OS/c1-17-12-6-2-5-11(12)15-13(16)8-10-4-3-7-14-9-10/h10-12,14H,2-9H2,1H3,(H,15,16). The van der Waals surface area contributed by atoms with Gasteiger partial charge in [0.25, 0.3) is 0 Å². The van der Waals surface area contributed by atoms with E-state index in [1.165, 1.54) is 32.1 Å². The monoisotopic (exact) mass is 256 g/mol. The Bertz CT molecular complexity index is 254. The van der Waals surface area contributed by atoms with Crippen molar-refractivity contribution in [1.29, 1.82) is 0 Å². The van der Waals surface area contributed by atoms with Gasteiger partial charge in [-0.1, -0.05) is 6.42 Å². The molecule has 2 rings (SSSR count). The van der Waals surface area contributed by atoms with Crippen molar-refractivity contribution in [2.24, 2.45) is 5.92 Å². The molecule has 1 amide bonds. The molecule has 1 heterocycles. The number of carbonyl (C=O) groups excluding carboxylic acids is 1. The fourth-order valence-corrected chi connectivity index (χ4v) is 3.93. The molecule has 0 aromatic rings. The first-order valence-corrected chi connectivity index (χ1v) is 8.11. The molecule has 3 atom stereocenters. The van der Waals surface area contributed by atoms with E-state index < -0.39 is 0 Å². The number of rotatable bonds is 4. The molecular formula is C13H24N2OS. The van der Waals surface area contributed by atoms with Crippen molar-refractivity contribution in [2.45, 2.75) is 49.8 Å². The van der Waals surface area contributed by atoms with E-state index in [0.717, 1.165) is 13.1 Å². The summed E-state index contributed by atoms with van der Waals surface area (Å²) in [5, 5.41) is 7.25. The zero-order chi connectivity index (χ0) is 12.1. The van der Waals surface area contributed by atoms with Gasteiger partial charge in [0, 0.05) is 17.7 Å². The first kappa shape index (κ1) is 13.2. The molecule has 1 saturated heterocycles. The zero-order valence-corrected chi connectivity index (χ0v) is 11.5. The molecule has 0 bridgehead atoms. The summed E-state index contributed by atoms with van der Waals surface area (Å²) < 4.78 is 0. The molecule has 0 aromatic heterocycles. The van der Waals surface area contributed by atoms with E-state index in [1.54, 1.807) is 0 Å². The predicted octanol–water partition coefficient (Wildman–Crippen LogP) is 1.78. The minimum absolute atomic E-state index is 0.268. The average Bonchev–Trinajstić information content (AvgIpc) is 2.77. The topological polar surface area (TPSA) is 41.1 Å². The van der Waals surface area contributed by atoms with Crippen LogP contribution in [-0.2, 0) is 4.79 Å². The lowest BCUT2D eigenvalue weighted by Crippen LogP contribution is -2.41. The Kier molecular flexibility index (Phi) is 5.16. The van der Waals surface area contributed by atoms with Gasteiger partial charge in [0.2, 0.25) is 5.91 Å². The average molecular weight is 256 g/mol. The van der Waals surface area contributed by atoms with Gasteiger partial charge in [-0.15, -0.1) is 0 Å². The normalized spacial score (nSPS) is 33.6. The number of piperidine rings is 1. The number of amides is 1. The van der Waals surface area contributed by atoms with E-state index in [0.29, 0.717) is 23.6 Å². The third kappa shape index (κ3) is 3.88. The Hall–Kier alpha value is -0.220. The van der Waals surface area contributed by atoms with E-state index in [9.17, 15) is 4.79 Å². The molecule has 17 heavy (non-hydrogen) atoms. The lowest BCUT2D eigenvalue weighted by Gasteiger charge is -2.24. The highest BCUT2D eigenvalue weighted by Crippen LogP contribution is 2.28. The maximum Gasteiger partial charge on any atom is 0.220 e. The molecule has 3 nitrogen and oxygen atoms in total. The summed E-state index contributed by atoms with van der Waals surface area (Å²) in [5.74, 6) is 0.822. The largest absolute Gasteiger partial charge is 0.352 e. The van der Waals surface area contributed by atoms with Gasteiger partial charge >= 0.3 is 0 Å². The van der Waals surface area contributed by atoms with Gasteiger partial charge in [0.15, 0.2) is 0 Å². The van der Waals surface area contributed by atoms with Crippen molar-refractivity contribution in [1.82, 2.24) is 10.6 Å². The van der Waals surface area contributed by atoms with Crippen LogP contribution in [0.1, 0.15) is 38.5 Å². The highest BCUT2D eigenvalue weighted by molar-refractivity contribution is 7.99. The minimum Gasteiger partial charge on any atom is -0.352 e. The fraction of sp³-hybridized carbons (Fsp3) is 0.923. The Balaban J connectivity index is 1.72. The number of nitrogens with one attached hydrogen (secondary N) is 2. The van der Waals surface area contributed by atoms with Crippen molar-refractivity contribution in [3.05, 3.63) is 0 Å². The second-order valence-electron chi connectivity index (χ2n) is 5.30. The maximum atomic E-state index is 12.0. The second kappa shape index (κ2) is 6.64. The highest BCUT2D eigenvalue weighted by atomic mass is 32.2. The fourth-order valence-electron chi connectivity index (χ4n) is 3.00. The van der Waals surface area contributed by atoms with E-state index >= 15 is 0 Å². The van der Waals surface area contributed by atoms with Gasteiger partial charge in [0.05, 0.1) is 0 Å². The van der Waals surface area contributed by atoms with Gasteiger partial charge in [-0.3, -0.25) is 4.79 Å². The van der Waals surface area contributed by atoms with Crippen LogP contribution in [0.2, 0.25) is 0 Å². The van der Waals surface area contributed by atoms with Crippen LogP contribution in [0.3, 0.4) is 0 Å². The van der Waals surface area contributed by atoms with Crippen molar-refractivity contribution in [2.75, 3.05) is 19.3 Å². The molecule has 2 aliphatic rings. The molecule has 1 saturated carbocycles. The smallest absolute Gasteiger partial charge is 0.220 e. The minimum atomic E-state index is 0.268. The summed E-state index contributed by atoms with van der Waals surface area (Å²) in [4.78, 5) is 12.0. The summed E-state index contributed by atoms with van der Waals surface area (Å²) in [6.07, 6.45) is 8.98. The molecule has 3 unspecified atom stereocenters. The lowest BCUT2D eigenvalue weighted by molar-refractivity contribution is -0.122. The molecule has 0 aromatic carbocycles. The molecule has 1 aliphatic heterocycles. The molecule has 2 N–H and O–H groups in total. The zero-order valence-electron chi connectivity index (χ0n) is 10.7. The van der Waals surface area contributed by atoms with Gasteiger partial charge in [0.1, 0.15) is 0 Å². The second-order valence-corrected chi connectivity index (χ2v) is 6.37. The quantitative estimate of drug-likeness (QED) is 0.805. The first-order chi connectivity index (χ1) is 8.29. The number of thioether (sulfide) groups is 1. The van der Waals surface area contributed by atoms with Gasteiger partial charge in [-0.25, -0.2) is 0 Å². The lowest BCUT2D eigenvalue weighted by atomic mass is 9.96. The Labute approximate surface area is 108 Å². The third-order valence-corrected chi connectivity index (χ3v) is 5.14. The molecular weight excluding hydrogens is 232 g/mol. The van der Waals surface area contributed by atoms with Crippen molar-refractivity contribution < 1.29 is 4.79 Å². The summed E-state index contributed by atoms with van der Waals surface area (Å²) in [5.41, 5.74) is 0. The molecule has 4 heteroatoms. The van der Waals surface area contributed by atoms with Crippen molar-refractivity contribution >= 4 is 17.7 Å². The summed E-state index contributed by atoms with van der Waals surface area (Å²) in [6.45, 7) is 2.14. The molecule has 98 valence electrons. The van der Waals surface area contributed by atoms with Gasteiger partial charge in [-0.2, -0.15) is 11.8 Å². The van der Waals surface area contributed by atoms with Crippen LogP contribution in [0.5, 0.6) is 0 Å². The van der Waals surface area contributed by atoms with Crippen molar-refractivity contribution in [3.63, 3.8) is 0 Å². The van der Waals surface area contributed by atoms with Crippen LogP contribution in [0.25, 0.3) is 0 Å². The molecule has 2 fully saturated rings. The highest BCUT2D eigenvalue weighted by Gasteiger charge is 2.28. The SMILES string of the molecule is CSC1CCCC1NC(=O)CC1CCCNC1. The number of hydrogen-bond acceptors (Lipinski definition) is 3. The molecule has 0 spiro atoms. The van der Waals surface area contributed by atoms with Crippen LogP contribution >= 0.6 is 11.8 Å². The van der Waals surface area contributed by atoms with Gasteiger partial charge in [-0.05, 0) is 50.9 Å². The van der Waals surface area contributed by atoms with Gasteiger partial charge < -0.3 is 10.6 Å². The van der Waals surface area contributed by atoms with E-state index in [-0.39, 0.29) is 5.91 Å². The summed E-state index contributed by atoms with van der Waals surface area (Å²) in [6, 6.07) is 0.425. The maximum absolute atomic E-state index is 12.0. The Morgan fingerprint density at radius 1 is 1.35 bits per heavy atom.